The van der Waals surface area contributed by atoms with Gasteiger partial charge in [-0.2, -0.15) is 10.1 Å². The molecule has 7 heteroatoms. The second-order valence-corrected chi connectivity index (χ2v) is 6.56. The van der Waals surface area contributed by atoms with E-state index in [0.29, 0.717) is 37.0 Å². The zero-order valence-corrected chi connectivity index (χ0v) is 13.1. The Morgan fingerprint density at radius 3 is 3.00 bits per heavy atom. The molecule has 122 valence electrons. The van der Waals surface area contributed by atoms with Gasteiger partial charge in [-0.25, -0.2) is 0 Å². The molecular weight excluding hydrogens is 294 g/mol. The number of hydrogen-bond donors (Lipinski definition) is 0. The van der Waals surface area contributed by atoms with Crippen LogP contribution in [-0.2, 0) is 17.8 Å². The number of likely N-dealkylation sites (tertiary alicyclic amines) is 1. The molecule has 2 fully saturated rings. The Balaban J connectivity index is 1.34. The molecule has 23 heavy (non-hydrogen) atoms. The zero-order chi connectivity index (χ0) is 15.6. The third kappa shape index (κ3) is 3.13. The van der Waals surface area contributed by atoms with Crippen LogP contribution in [0, 0.1) is 5.92 Å². The van der Waals surface area contributed by atoms with Gasteiger partial charge in [0.25, 0.3) is 0 Å². The monoisotopic (exact) mass is 315 g/mol. The molecule has 4 rings (SSSR count). The summed E-state index contributed by atoms with van der Waals surface area (Å²) < 4.78 is 7.16. The molecule has 0 aromatic carbocycles. The number of carbonyl (C=O) groups excluding carboxylic acids is 1. The van der Waals surface area contributed by atoms with E-state index >= 15 is 0 Å². The molecule has 3 heterocycles. The predicted molar refractivity (Wildman–Crippen MR) is 81.5 cm³/mol. The molecule has 0 radical (unpaired) electrons. The van der Waals surface area contributed by atoms with Crippen LogP contribution in [-0.4, -0.2) is 43.8 Å². The first-order valence-electron chi connectivity index (χ1n) is 8.35. The van der Waals surface area contributed by atoms with Crippen LogP contribution in [0.25, 0.3) is 0 Å². The number of amides is 1. The zero-order valence-electron chi connectivity index (χ0n) is 13.1. The van der Waals surface area contributed by atoms with Gasteiger partial charge in [0.2, 0.25) is 11.8 Å². The lowest BCUT2D eigenvalue weighted by Gasteiger charge is -2.30. The van der Waals surface area contributed by atoms with E-state index in [9.17, 15) is 4.79 Å². The molecule has 0 bridgehead atoms. The van der Waals surface area contributed by atoms with E-state index in [1.807, 2.05) is 21.8 Å². The molecule has 1 unspecified atom stereocenters. The minimum Gasteiger partial charge on any atom is -0.342 e. The summed E-state index contributed by atoms with van der Waals surface area (Å²) in [6, 6.07) is 1.89. The van der Waals surface area contributed by atoms with Crippen LogP contribution in [0.4, 0.5) is 0 Å². The smallest absolute Gasteiger partial charge is 0.228 e. The van der Waals surface area contributed by atoms with Crippen molar-refractivity contribution in [2.24, 2.45) is 5.92 Å². The minimum atomic E-state index is 0.0739. The van der Waals surface area contributed by atoms with Crippen molar-refractivity contribution in [3.05, 3.63) is 30.2 Å². The molecule has 1 atom stereocenters. The van der Waals surface area contributed by atoms with Gasteiger partial charge >= 0.3 is 0 Å². The maximum Gasteiger partial charge on any atom is 0.228 e. The first-order chi connectivity index (χ1) is 11.3. The quantitative estimate of drug-likeness (QED) is 0.809. The van der Waals surface area contributed by atoms with Crippen molar-refractivity contribution in [1.29, 1.82) is 0 Å². The molecule has 1 saturated carbocycles. The van der Waals surface area contributed by atoms with Crippen molar-refractivity contribution in [2.45, 2.75) is 44.6 Å². The van der Waals surface area contributed by atoms with Crippen molar-refractivity contribution in [2.75, 3.05) is 13.1 Å². The number of carbonyl (C=O) groups is 1. The lowest BCUT2D eigenvalue weighted by atomic mass is 9.85. The lowest BCUT2D eigenvalue weighted by molar-refractivity contribution is -0.128. The number of aryl methyl sites for hydroxylation is 2. The molecule has 1 aliphatic carbocycles. The van der Waals surface area contributed by atoms with Gasteiger partial charge in [0.15, 0.2) is 5.82 Å². The van der Waals surface area contributed by atoms with E-state index < -0.39 is 0 Å². The van der Waals surface area contributed by atoms with Crippen molar-refractivity contribution in [3.63, 3.8) is 0 Å². The van der Waals surface area contributed by atoms with Crippen molar-refractivity contribution < 1.29 is 9.32 Å². The molecule has 2 aromatic heterocycles. The Bertz CT molecular complexity index is 662. The third-order valence-corrected chi connectivity index (χ3v) is 4.88. The van der Waals surface area contributed by atoms with Crippen LogP contribution in [0.2, 0.25) is 0 Å². The van der Waals surface area contributed by atoms with Crippen LogP contribution in [0.3, 0.4) is 0 Å². The van der Waals surface area contributed by atoms with E-state index in [0.717, 1.165) is 13.1 Å². The summed E-state index contributed by atoms with van der Waals surface area (Å²) in [5, 5.41) is 8.24. The highest BCUT2D eigenvalue weighted by atomic mass is 16.5. The van der Waals surface area contributed by atoms with Crippen LogP contribution in [0.15, 0.2) is 23.0 Å². The standard InChI is InChI=1S/C16H21N5O2/c22-15-9-13(11-20(15)10-12-3-1-4-12)16-18-14(23-19-16)5-8-21-7-2-6-17-21/h2,6-7,12-13H,1,3-5,8-11H2. The van der Waals surface area contributed by atoms with Gasteiger partial charge in [0.05, 0.1) is 0 Å². The van der Waals surface area contributed by atoms with Crippen LogP contribution < -0.4 is 0 Å². The SMILES string of the molecule is O=C1CC(c2noc(CCn3cccn3)n2)CN1CC1CCC1. The third-order valence-electron chi connectivity index (χ3n) is 4.88. The maximum absolute atomic E-state index is 12.1. The topological polar surface area (TPSA) is 77.0 Å². The molecule has 0 N–H and O–H groups in total. The Morgan fingerprint density at radius 2 is 2.26 bits per heavy atom. The number of aromatic nitrogens is 4. The summed E-state index contributed by atoms with van der Waals surface area (Å²) in [5.41, 5.74) is 0. The van der Waals surface area contributed by atoms with Gasteiger partial charge in [-0.05, 0) is 24.8 Å². The molecule has 1 saturated heterocycles. The van der Waals surface area contributed by atoms with Gasteiger partial charge in [-0.15, -0.1) is 0 Å². The molecule has 7 nitrogen and oxygen atoms in total. The average molecular weight is 315 g/mol. The van der Waals surface area contributed by atoms with Crippen LogP contribution in [0.5, 0.6) is 0 Å². The highest BCUT2D eigenvalue weighted by molar-refractivity contribution is 5.79. The number of hydrogen-bond acceptors (Lipinski definition) is 5. The van der Waals surface area contributed by atoms with Gasteiger partial charge in [-0.3, -0.25) is 9.48 Å². The van der Waals surface area contributed by atoms with E-state index in [-0.39, 0.29) is 11.8 Å². The highest BCUT2D eigenvalue weighted by Gasteiger charge is 2.35. The minimum absolute atomic E-state index is 0.0739. The van der Waals surface area contributed by atoms with Crippen molar-refractivity contribution in [3.8, 4) is 0 Å². The molecule has 1 amide bonds. The van der Waals surface area contributed by atoms with Gasteiger partial charge in [0, 0.05) is 50.8 Å². The summed E-state index contributed by atoms with van der Waals surface area (Å²) in [6.45, 7) is 2.35. The van der Waals surface area contributed by atoms with E-state index in [2.05, 4.69) is 15.2 Å². The molecule has 0 spiro atoms. The Kier molecular flexibility index (Phi) is 3.85. The van der Waals surface area contributed by atoms with E-state index in [4.69, 9.17) is 4.52 Å². The second kappa shape index (κ2) is 6.14. The summed E-state index contributed by atoms with van der Waals surface area (Å²) in [4.78, 5) is 18.6. The summed E-state index contributed by atoms with van der Waals surface area (Å²) in [6.07, 6.45) is 8.64. The van der Waals surface area contributed by atoms with Crippen molar-refractivity contribution >= 4 is 5.91 Å². The first kappa shape index (κ1) is 14.4. The summed E-state index contributed by atoms with van der Waals surface area (Å²) in [7, 11) is 0. The molecule has 2 aliphatic rings. The van der Waals surface area contributed by atoms with Crippen molar-refractivity contribution in [1.82, 2.24) is 24.8 Å². The molecule has 1 aliphatic heterocycles. The van der Waals surface area contributed by atoms with Gasteiger partial charge in [0.1, 0.15) is 0 Å². The van der Waals surface area contributed by atoms with Crippen LogP contribution >= 0.6 is 0 Å². The van der Waals surface area contributed by atoms with Gasteiger partial charge < -0.3 is 9.42 Å². The summed E-state index contributed by atoms with van der Waals surface area (Å²) in [5.74, 6) is 2.28. The van der Waals surface area contributed by atoms with E-state index in [1.54, 1.807) is 6.20 Å². The number of rotatable bonds is 6. The fraction of sp³-hybridized carbons (Fsp3) is 0.625. The first-order valence-corrected chi connectivity index (χ1v) is 8.35. The number of nitrogens with zero attached hydrogens (tertiary/aromatic N) is 5. The van der Waals surface area contributed by atoms with Crippen LogP contribution in [0.1, 0.15) is 43.3 Å². The van der Waals surface area contributed by atoms with Gasteiger partial charge in [-0.1, -0.05) is 11.6 Å². The average Bonchev–Trinajstić information content (AvgIpc) is 3.22. The Labute approximate surface area is 134 Å². The lowest BCUT2D eigenvalue weighted by Crippen LogP contribution is -2.33. The largest absolute Gasteiger partial charge is 0.342 e. The summed E-state index contributed by atoms with van der Waals surface area (Å²) >= 11 is 0. The normalized spacial score (nSPS) is 21.8. The fourth-order valence-electron chi connectivity index (χ4n) is 3.29. The maximum atomic E-state index is 12.1. The Hall–Kier alpha value is -2.18. The molecule has 2 aromatic rings. The molecular formula is C16H21N5O2. The predicted octanol–water partition coefficient (Wildman–Crippen LogP) is 1.62. The Morgan fingerprint density at radius 1 is 1.35 bits per heavy atom. The fourth-order valence-corrected chi connectivity index (χ4v) is 3.29. The van der Waals surface area contributed by atoms with E-state index in [1.165, 1.54) is 19.3 Å². The second-order valence-electron chi connectivity index (χ2n) is 6.56. The highest BCUT2D eigenvalue weighted by Crippen LogP contribution is 2.32.